The summed E-state index contributed by atoms with van der Waals surface area (Å²) in [6.07, 6.45) is 0.485. The molecule has 1 fully saturated rings. The highest BCUT2D eigenvalue weighted by Crippen LogP contribution is 2.50. The molecule has 3 aromatic rings. The van der Waals surface area contributed by atoms with E-state index in [-0.39, 0.29) is 40.2 Å². The highest BCUT2D eigenvalue weighted by Gasteiger charge is 2.53. The predicted molar refractivity (Wildman–Crippen MR) is 142 cm³/mol. The van der Waals surface area contributed by atoms with Crippen LogP contribution in [0.2, 0.25) is 5.02 Å². The average molecular weight is 574 g/mol. The van der Waals surface area contributed by atoms with Crippen molar-refractivity contribution >= 4 is 29.1 Å². The SMILES string of the molecule is COc1cccc2c1N(CC1CCC(NC(=O)c3cc(Cl)cnc3C(F)F)CC1)C(=O)C2(O)c1ccccc1F. The molecule has 5 rings (SSSR count). The second kappa shape index (κ2) is 11.1. The van der Waals surface area contributed by atoms with E-state index in [0.717, 1.165) is 6.20 Å². The zero-order valence-electron chi connectivity index (χ0n) is 21.5. The van der Waals surface area contributed by atoms with Crippen molar-refractivity contribution in [3.8, 4) is 5.75 Å². The zero-order valence-corrected chi connectivity index (χ0v) is 22.3. The number of anilines is 1. The Kier molecular flexibility index (Phi) is 7.74. The fourth-order valence-corrected chi connectivity index (χ4v) is 5.83. The number of carbonyl (C=O) groups excluding carboxylic acids is 2. The first kappa shape index (κ1) is 27.9. The second-order valence-electron chi connectivity index (χ2n) is 10.0. The van der Waals surface area contributed by atoms with Gasteiger partial charge in [0.2, 0.25) is 0 Å². The molecule has 2 aromatic carbocycles. The Hall–Kier alpha value is -3.63. The molecule has 0 radical (unpaired) electrons. The van der Waals surface area contributed by atoms with Crippen LogP contribution in [-0.2, 0) is 10.4 Å². The van der Waals surface area contributed by atoms with Gasteiger partial charge in [0, 0.05) is 29.9 Å². The van der Waals surface area contributed by atoms with Gasteiger partial charge in [-0.3, -0.25) is 14.6 Å². The van der Waals surface area contributed by atoms with E-state index in [9.17, 15) is 27.9 Å². The summed E-state index contributed by atoms with van der Waals surface area (Å²) in [5.74, 6) is -1.65. The van der Waals surface area contributed by atoms with Crippen molar-refractivity contribution in [2.45, 2.75) is 43.8 Å². The van der Waals surface area contributed by atoms with E-state index >= 15 is 0 Å². The Balaban J connectivity index is 1.32. The van der Waals surface area contributed by atoms with Gasteiger partial charge in [0.05, 0.1) is 23.4 Å². The molecule has 2 amide bonds. The Morgan fingerprint density at radius 3 is 2.55 bits per heavy atom. The first-order valence-corrected chi connectivity index (χ1v) is 13.2. The Morgan fingerprint density at radius 1 is 1.18 bits per heavy atom. The van der Waals surface area contributed by atoms with Gasteiger partial charge in [0.25, 0.3) is 18.2 Å². The number of benzene rings is 2. The van der Waals surface area contributed by atoms with Crippen molar-refractivity contribution in [1.82, 2.24) is 10.3 Å². The molecule has 210 valence electrons. The molecule has 1 aliphatic carbocycles. The van der Waals surface area contributed by atoms with E-state index in [1.54, 1.807) is 24.3 Å². The number of ether oxygens (including phenoxy) is 1. The van der Waals surface area contributed by atoms with Crippen LogP contribution in [0.3, 0.4) is 0 Å². The summed E-state index contributed by atoms with van der Waals surface area (Å²) in [6, 6.07) is 11.5. The quantitative estimate of drug-likeness (QED) is 0.395. The third-order valence-electron chi connectivity index (χ3n) is 7.66. The summed E-state index contributed by atoms with van der Waals surface area (Å²) in [6.45, 7) is 0.247. The minimum absolute atomic E-state index is 0.00213. The molecule has 0 saturated heterocycles. The molecule has 7 nitrogen and oxygen atoms in total. The first-order chi connectivity index (χ1) is 19.1. The third kappa shape index (κ3) is 4.90. The Labute approximate surface area is 233 Å². The maximum absolute atomic E-state index is 14.8. The summed E-state index contributed by atoms with van der Waals surface area (Å²) >= 11 is 5.88. The molecular weight excluding hydrogens is 547 g/mol. The van der Waals surface area contributed by atoms with Crippen molar-refractivity contribution in [3.05, 3.63) is 88.0 Å². The first-order valence-electron chi connectivity index (χ1n) is 12.9. The number of carbonyl (C=O) groups is 2. The van der Waals surface area contributed by atoms with Gasteiger partial charge in [0.15, 0.2) is 5.60 Å². The lowest BCUT2D eigenvalue weighted by Gasteiger charge is -2.32. The van der Waals surface area contributed by atoms with Crippen LogP contribution >= 0.6 is 11.6 Å². The van der Waals surface area contributed by atoms with Crippen molar-refractivity contribution in [1.29, 1.82) is 0 Å². The number of methoxy groups -OCH3 is 1. The van der Waals surface area contributed by atoms with E-state index in [1.165, 1.54) is 36.3 Å². The molecule has 2 heterocycles. The standard InChI is InChI=1S/C29H27ClF3N3O4/c1-40-23-8-4-6-21-25(23)36(28(38)29(21,39)20-5-2-3-7-22(20)31)15-16-9-11-18(12-10-16)35-27(37)19-13-17(30)14-34-24(19)26(32)33/h2-8,13-14,16,18,26,39H,9-12,15H2,1H3,(H,35,37). The number of hydrogen-bond donors (Lipinski definition) is 2. The molecule has 1 aliphatic heterocycles. The fourth-order valence-electron chi connectivity index (χ4n) is 5.67. The van der Waals surface area contributed by atoms with E-state index < -0.39 is 35.4 Å². The smallest absolute Gasteiger partial charge is 0.281 e. The van der Waals surface area contributed by atoms with Crippen LogP contribution in [0, 0.1) is 11.7 Å². The van der Waals surface area contributed by atoms with Gasteiger partial charge in [-0.1, -0.05) is 41.9 Å². The van der Waals surface area contributed by atoms with Crippen molar-refractivity contribution in [2.24, 2.45) is 5.92 Å². The van der Waals surface area contributed by atoms with Gasteiger partial charge in [-0.25, -0.2) is 13.2 Å². The minimum Gasteiger partial charge on any atom is -0.495 e. The highest BCUT2D eigenvalue weighted by molar-refractivity contribution is 6.30. The van der Waals surface area contributed by atoms with E-state index in [1.807, 2.05) is 0 Å². The fraction of sp³-hybridized carbons (Fsp3) is 0.345. The molecule has 1 saturated carbocycles. The normalized spacial score (nSPS) is 22.4. The van der Waals surface area contributed by atoms with Crippen molar-refractivity contribution in [2.75, 3.05) is 18.6 Å². The monoisotopic (exact) mass is 573 g/mol. The molecule has 1 aromatic heterocycles. The predicted octanol–water partition coefficient (Wildman–Crippen LogP) is 5.39. The van der Waals surface area contributed by atoms with Crippen LogP contribution in [0.5, 0.6) is 5.75 Å². The minimum atomic E-state index is -2.92. The van der Waals surface area contributed by atoms with Gasteiger partial charge in [0.1, 0.15) is 17.3 Å². The van der Waals surface area contributed by atoms with Crippen LogP contribution < -0.4 is 15.0 Å². The number of aromatic nitrogens is 1. The number of nitrogens with one attached hydrogen (secondary N) is 1. The van der Waals surface area contributed by atoms with Gasteiger partial charge >= 0.3 is 0 Å². The molecule has 0 bridgehead atoms. The summed E-state index contributed by atoms with van der Waals surface area (Å²) in [7, 11) is 1.46. The van der Waals surface area contributed by atoms with Crippen molar-refractivity contribution < 1.29 is 32.6 Å². The van der Waals surface area contributed by atoms with Gasteiger partial charge < -0.3 is 20.1 Å². The number of rotatable bonds is 7. The topological polar surface area (TPSA) is 91.8 Å². The highest BCUT2D eigenvalue weighted by atomic mass is 35.5. The van der Waals surface area contributed by atoms with Crippen molar-refractivity contribution in [3.63, 3.8) is 0 Å². The number of para-hydroxylation sites is 1. The molecule has 11 heteroatoms. The third-order valence-corrected chi connectivity index (χ3v) is 7.86. The lowest BCUT2D eigenvalue weighted by molar-refractivity contribution is -0.132. The van der Waals surface area contributed by atoms with E-state index in [4.69, 9.17) is 16.3 Å². The zero-order chi connectivity index (χ0) is 28.6. The second-order valence-corrected chi connectivity index (χ2v) is 10.5. The maximum Gasteiger partial charge on any atom is 0.281 e. The number of fused-ring (bicyclic) bond motifs is 1. The number of aliphatic hydroxyl groups is 1. The molecule has 2 N–H and O–H groups in total. The number of nitrogens with zero attached hydrogens (tertiary/aromatic N) is 2. The molecule has 40 heavy (non-hydrogen) atoms. The Bertz CT molecular complexity index is 1450. The van der Waals surface area contributed by atoms with E-state index in [2.05, 4.69) is 10.3 Å². The lowest BCUT2D eigenvalue weighted by Crippen LogP contribution is -2.45. The lowest BCUT2D eigenvalue weighted by atomic mass is 9.85. The molecule has 1 unspecified atom stereocenters. The summed E-state index contributed by atoms with van der Waals surface area (Å²) < 4.78 is 47.1. The number of pyridine rings is 1. The number of alkyl halides is 2. The number of amides is 2. The van der Waals surface area contributed by atoms with Crippen LogP contribution in [0.15, 0.2) is 54.7 Å². The van der Waals surface area contributed by atoms with Crippen LogP contribution in [0.1, 0.15) is 59.3 Å². The number of halogens is 4. The van der Waals surface area contributed by atoms with E-state index in [0.29, 0.717) is 37.1 Å². The van der Waals surface area contributed by atoms with Crippen LogP contribution in [0.4, 0.5) is 18.9 Å². The summed E-state index contributed by atoms with van der Waals surface area (Å²) in [5.41, 5.74) is -2.60. The van der Waals surface area contributed by atoms with Gasteiger partial charge in [-0.15, -0.1) is 0 Å². The van der Waals surface area contributed by atoms with Gasteiger partial charge in [-0.2, -0.15) is 0 Å². The molecular formula is C29H27ClF3N3O4. The van der Waals surface area contributed by atoms with Gasteiger partial charge in [-0.05, 0) is 49.8 Å². The Morgan fingerprint density at radius 2 is 1.88 bits per heavy atom. The summed E-state index contributed by atoms with van der Waals surface area (Å²) in [5, 5.41) is 14.6. The summed E-state index contributed by atoms with van der Waals surface area (Å²) in [4.78, 5) is 31.6. The van der Waals surface area contributed by atoms with Crippen LogP contribution in [-0.4, -0.2) is 41.6 Å². The molecule has 1 atom stereocenters. The average Bonchev–Trinajstić information content (AvgIpc) is 3.16. The maximum atomic E-state index is 14.8. The number of hydrogen-bond acceptors (Lipinski definition) is 5. The van der Waals surface area contributed by atoms with Crippen LogP contribution in [0.25, 0.3) is 0 Å². The molecule has 2 aliphatic rings. The molecule has 0 spiro atoms. The largest absolute Gasteiger partial charge is 0.495 e.